The molecule has 0 saturated carbocycles. The van der Waals surface area contributed by atoms with E-state index in [4.69, 9.17) is 32.7 Å². The van der Waals surface area contributed by atoms with Crippen LogP contribution in [0.4, 0.5) is 5.69 Å². The van der Waals surface area contributed by atoms with Crippen LogP contribution in [0.25, 0.3) is 40.0 Å². The zero-order valence-electron chi connectivity index (χ0n) is 19.8. The van der Waals surface area contributed by atoms with Gasteiger partial charge in [-0.1, -0.05) is 24.6 Å². The molecule has 5 rings (SSSR count). The molecular formula is C29H22ClN3O3S. The van der Waals surface area contributed by atoms with Crippen LogP contribution in [0.15, 0.2) is 93.8 Å². The van der Waals surface area contributed by atoms with Crippen molar-refractivity contribution in [1.29, 1.82) is 0 Å². The van der Waals surface area contributed by atoms with Gasteiger partial charge in [-0.15, -0.1) is 0 Å². The number of halogens is 1. The smallest absolute Gasteiger partial charge is 0.250 e. The molecule has 0 aliphatic heterocycles. The summed E-state index contributed by atoms with van der Waals surface area (Å²) in [6, 6.07) is 24.4. The predicted molar refractivity (Wildman–Crippen MR) is 151 cm³/mol. The number of hydrogen-bond acceptors (Lipinski definition) is 5. The Morgan fingerprint density at radius 2 is 1.73 bits per heavy atom. The Morgan fingerprint density at radius 1 is 0.973 bits per heavy atom. The monoisotopic (exact) mass is 527 g/mol. The molecule has 0 spiro atoms. The van der Waals surface area contributed by atoms with Crippen molar-refractivity contribution in [3.8, 4) is 22.8 Å². The van der Waals surface area contributed by atoms with Crippen molar-refractivity contribution < 1.29 is 13.6 Å². The third-order valence-corrected chi connectivity index (χ3v) is 6.10. The molecule has 0 fully saturated rings. The van der Waals surface area contributed by atoms with Gasteiger partial charge in [0.05, 0.1) is 0 Å². The highest BCUT2D eigenvalue weighted by Crippen LogP contribution is 2.27. The average molecular weight is 528 g/mol. The second kappa shape index (κ2) is 10.8. The van der Waals surface area contributed by atoms with E-state index in [0.29, 0.717) is 22.4 Å². The molecule has 0 atom stereocenters. The van der Waals surface area contributed by atoms with Crippen molar-refractivity contribution in [1.82, 2.24) is 10.3 Å². The highest BCUT2D eigenvalue weighted by atomic mass is 35.5. The second-order valence-corrected chi connectivity index (χ2v) is 9.08. The first-order valence-corrected chi connectivity index (χ1v) is 12.4. The maximum Gasteiger partial charge on any atom is 0.250 e. The number of aryl methyl sites for hydroxylation is 1. The van der Waals surface area contributed by atoms with Crippen LogP contribution in [0.1, 0.15) is 18.2 Å². The van der Waals surface area contributed by atoms with Crippen LogP contribution in [-0.2, 0) is 11.2 Å². The number of nitrogens with one attached hydrogen (secondary N) is 2. The van der Waals surface area contributed by atoms with Crippen LogP contribution in [0.2, 0.25) is 5.02 Å². The molecule has 6 nitrogen and oxygen atoms in total. The predicted octanol–water partition coefficient (Wildman–Crippen LogP) is 7.50. The summed E-state index contributed by atoms with van der Waals surface area (Å²) >= 11 is 11.2. The summed E-state index contributed by atoms with van der Waals surface area (Å²) in [7, 11) is 0. The number of nitrogens with zero attached hydrogens (tertiary/aromatic N) is 1. The van der Waals surface area contributed by atoms with Gasteiger partial charge in [0.1, 0.15) is 17.0 Å². The van der Waals surface area contributed by atoms with Gasteiger partial charge in [-0.2, -0.15) is 0 Å². The van der Waals surface area contributed by atoms with E-state index in [-0.39, 0.29) is 11.0 Å². The van der Waals surface area contributed by atoms with Crippen LogP contribution in [0, 0.1) is 0 Å². The zero-order valence-corrected chi connectivity index (χ0v) is 21.4. The Bertz CT molecular complexity index is 1600. The molecular weight excluding hydrogens is 506 g/mol. The molecule has 184 valence electrons. The van der Waals surface area contributed by atoms with Crippen LogP contribution in [-0.4, -0.2) is 16.0 Å². The summed E-state index contributed by atoms with van der Waals surface area (Å²) in [4.78, 5) is 16.9. The third kappa shape index (κ3) is 5.97. The summed E-state index contributed by atoms with van der Waals surface area (Å²) in [5.41, 5.74) is 5.26. The summed E-state index contributed by atoms with van der Waals surface area (Å²) in [5.74, 6) is 1.39. The van der Waals surface area contributed by atoms with Crippen molar-refractivity contribution in [3.63, 3.8) is 0 Å². The molecule has 3 aromatic carbocycles. The molecule has 0 bridgehead atoms. The van der Waals surface area contributed by atoms with E-state index >= 15 is 0 Å². The van der Waals surface area contributed by atoms with Crippen molar-refractivity contribution in [3.05, 3.63) is 101 Å². The van der Waals surface area contributed by atoms with Gasteiger partial charge in [0, 0.05) is 27.9 Å². The first-order chi connectivity index (χ1) is 18.0. The van der Waals surface area contributed by atoms with Crippen LogP contribution in [0.3, 0.4) is 0 Å². The van der Waals surface area contributed by atoms with Crippen LogP contribution in [0.5, 0.6) is 0 Å². The SMILES string of the molecule is CCc1ccc2oc(-c3ccc(NC(=S)NC(=O)C=Cc4ccc(-c5ccc(Cl)cc5)o4)cc3)nc2c1. The Morgan fingerprint density at radius 3 is 2.49 bits per heavy atom. The first-order valence-electron chi connectivity index (χ1n) is 11.6. The minimum Gasteiger partial charge on any atom is -0.457 e. The van der Waals surface area contributed by atoms with E-state index in [2.05, 4.69) is 22.5 Å². The molecule has 5 aromatic rings. The molecule has 8 heteroatoms. The first kappa shape index (κ1) is 24.5. The van der Waals surface area contributed by atoms with E-state index in [9.17, 15) is 4.79 Å². The van der Waals surface area contributed by atoms with Gasteiger partial charge in [0.25, 0.3) is 0 Å². The lowest BCUT2D eigenvalue weighted by Gasteiger charge is -2.08. The number of amides is 1. The topological polar surface area (TPSA) is 80.3 Å². The van der Waals surface area contributed by atoms with Gasteiger partial charge < -0.3 is 14.2 Å². The van der Waals surface area contributed by atoms with Crippen molar-refractivity contribution in [2.24, 2.45) is 0 Å². The van der Waals surface area contributed by atoms with E-state index in [0.717, 1.165) is 34.3 Å². The maximum atomic E-state index is 12.3. The normalized spacial score (nSPS) is 11.2. The number of hydrogen-bond donors (Lipinski definition) is 2. The molecule has 0 aliphatic carbocycles. The molecule has 0 aliphatic rings. The number of anilines is 1. The lowest BCUT2D eigenvalue weighted by molar-refractivity contribution is -0.115. The Labute approximate surface area is 224 Å². The molecule has 2 heterocycles. The molecule has 0 unspecified atom stereocenters. The number of benzene rings is 3. The molecule has 2 aromatic heterocycles. The number of rotatable bonds is 6. The highest BCUT2D eigenvalue weighted by Gasteiger charge is 2.10. The maximum absolute atomic E-state index is 12.3. The zero-order chi connectivity index (χ0) is 25.8. The molecule has 2 N–H and O–H groups in total. The third-order valence-electron chi connectivity index (χ3n) is 5.64. The number of carbonyl (C=O) groups excluding carboxylic acids is 1. The number of oxazole rings is 1. The number of fused-ring (bicyclic) bond motifs is 1. The standard InChI is InChI=1S/C29H22ClN3O3S/c1-2-18-3-14-26-24(17-18)32-28(36-26)20-6-10-22(11-7-20)31-29(37)33-27(34)16-13-23-12-15-25(35-23)19-4-8-21(30)9-5-19/h3-17H,2H2,1H3,(H2,31,33,34,37). The fourth-order valence-electron chi connectivity index (χ4n) is 3.70. The summed E-state index contributed by atoms with van der Waals surface area (Å²) in [6.45, 7) is 2.11. The Kier molecular flexibility index (Phi) is 7.16. The average Bonchev–Trinajstić information content (AvgIpc) is 3.55. The molecule has 1 amide bonds. The second-order valence-electron chi connectivity index (χ2n) is 8.24. The fraction of sp³-hybridized carbons (Fsp3) is 0.0690. The van der Waals surface area contributed by atoms with Crippen molar-refractivity contribution in [2.45, 2.75) is 13.3 Å². The van der Waals surface area contributed by atoms with Gasteiger partial charge in [0.2, 0.25) is 11.8 Å². The van der Waals surface area contributed by atoms with Gasteiger partial charge in [-0.3, -0.25) is 10.1 Å². The summed E-state index contributed by atoms with van der Waals surface area (Å²) < 4.78 is 11.7. The van der Waals surface area contributed by atoms with Crippen LogP contribution >= 0.6 is 23.8 Å². The molecule has 37 heavy (non-hydrogen) atoms. The summed E-state index contributed by atoms with van der Waals surface area (Å²) in [6.07, 6.45) is 3.88. The number of thiocarbonyl (C=S) groups is 1. The van der Waals surface area contributed by atoms with Crippen LogP contribution < -0.4 is 10.6 Å². The summed E-state index contributed by atoms with van der Waals surface area (Å²) in [5, 5.41) is 6.46. The van der Waals surface area contributed by atoms with Gasteiger partial charge in [0.15, 0.2) is 10.7 Å². The van der Waals surface area contributed by atoms with E-state index < -0.39 is 0 Å². The lowest BCUT2D eigenvalue weighted by Crippen LogP contribution is -2.32. The van der Waals surface area contributed by atoms with Gasteiger partial charge >= 0.3 is 0 Å². The Balaban J connectivity index is 1.16. The largest absolute Gasteiger partial charge is 0.457 e. The van der Waals surface area contributed by atoms with Gasteiger partial charge in [-0.05, 0) is 103 Å². The molecule has 0 saturated heterocycles. The minimum absolute atomic E-state index is 0.178. The number of furan rings is 1. The number of aromatic nitrogens is 1. The van der Waals surface area contributed by atoms with E-state index in [1.54, 1.807) is 24.3 Å². The lowest BCUT2D eigenvalue weighted by atomic mass is 10.1. The quantitative estimate of drug-likeness (QED) is 0.176. The van der Waals surface area contributed by atoms with Crippen molar-refractivity contribution in [2.75, 3.05) is 5.32 Å². The number of carbonyl (C=O) groups is 1. The van der Waals surface area contributed by atoms with Crippen molar-refractivity contribution >= 4 is 57.7 Å². The molecule has 0 radical (unpaired) electrons. The van der Waals surface area contributed by atoms with E-state index in [1.165, 1.54) is 11.6 Å². The van der Waals surface area contributed by atoms with Gasteiger partial charge in [-0.25, -0.2) is 4.98 Å². The highest BCUT2D eigenvalue weighted by molar-refractivity contribution is 7.80. The Hall–Kier alpha value is -4.20. The van der Waals surface area contributed by atoms with E-state index in [1.807, 2.05) is 60.7 Å². The minimum atomic E-state index is -0.378. The fourth-order valence-corrected chi connectivity index (χ4v) is 4.04.